The van der Waals surface area contributed by atoms with E-state index in [2.05, 4.69) is 12.2 Å². The Kier molecular flexibility index (Phi) is 1.94. The molecule has 0 bridgehead atoms. The van der Waals surface area contributed by atoms with Crippen molar-refractivity contribution in [2.24, 2.45) is 5.92 Å². The zero-order valence-corrected chi connectivity index (χ0v) is 5.72. The molecule has 1 fully saturated rings. The van der Waals surface area contributed by atoms with Gasteiger partial charge in [-0.3, -0.25) is 0 Å². The second-order valence-electron chi connectivity index (χ2n) is 2.65. The first-order valence-corrected chi connectivity index (χ1v) is 3.53. The number of nitrogens with one attached hydrogen (secondary N) is 1. The number of rotatable bonds is 3. The summed E-state index contributed by atoms with van der Waals surface area (Å²) in [5.74, 6) is 0.801. The van der Waals surface area contributed by atoms with Gasteiger partial charge in [0, 0.05) is 6.04 Å². The summed E-state index contributed by atoms with van der Waals surface area (Å²) in [6, 6.07) is 0.523. The molecule has 50 valence electrons. The molecular formula is C7H12N2. The second-order valence-corrected chi connectivity index (χ2v) is 2.65. The van der Waals surface area contributed by atoms with Crippen LogP contribution < -0.4 is 5.32 Å². The maximum atomic E-state index is 8.20. The maximum absolute atomic E-state index is 8.20. The minimum atomic E-state index is 0.523. The van der Waals surface area contributed by atoms with Gasteiger partial charge in [-0.05, 0) is 18.8 Å². The van der Waals surface area contributed by atoms with E-state index >= 15 is 0 Å². The lowest BCUT2D eigenvalue weighted by molar-refractivity contribution is 0.658. The number of nitrogens with zero attached hydrogens (tertiary/aromatic N) is 1. The summed E-state index contributed by atoms with van der Waals surface area (Å²) in [6.07, 6.45) is 5.70. The van der Waals surface area contributed by atoms with E-state index in [1.165, 1.54) is 19.3 Å². The van der Waals surface area contributed by atoms with Crippen LogP contribution in [0.1, 0.15) is 26.2 Å². The van der Waals surface area contributed by atoms with Crippen molar-refractivity contribution in [3.63, 3.8) is 0 Å². The lowest BCUT2D eigenvalue weighted by Gasteiger charge is -1.91. The molecule has 1 aliphatic rings. The fourth-order valence-corrected chi connectivity index (χ4v) is 1.20. The van der Waals surface area contributed by atoms with Crippen LogP contribution in [0.25, 0.3) is 0 Å². The molecule has 1 rings (SSSR count). The summed E-state index contributed by atoms with van der Waals surface area (Å²) >= 11 is 0. The molecule has 2 unspecified atom stereocenters. The van der Waals surface area contributed by atoms with Gasteiger partial charge < -0.3 is 5.32 Å². The van der Waals surface area contributed by atoms with Crippen molar-refractivity contribution in [2.75, 3.05) is 0 Å². The Morgan fingerprint density at radius 2 is 2.56 bits per heavy atom. The molecule has 0 aromatic rings. The first-order chi connectivity index (χ1) is 4.38. The molecule has 2 heteroatoms. The normalized spacial score (nSPS) is 31.1. The Morgan fingerprint density at radius 3 is 3.11 bits per heavy atom. The highest BCUT2D eigenvalue weighted by molar-refractivity contribution is 4.96. The molecule has 2 atom stereocenters. The van der Waals surface area contributed by atoms with Crippen LogP contribution in [0.3, 0.4) is 0 Å². The smallest absolute Gasteiger partial charge is 0.176 e. The third kappa shape index (κ3) is 1.60. The molecule has 0 heterocycles. The molecule has 0 aromatic carbocycles. The Bertz CT molecular complexity index is 125. The van der Waals surface area contributed by atoms with Gasteiger partial charge in [0.15, 0.2) is 6.19 Å². The Morgan fingerprint density at radius 1 is 1.78 bits per heavy atom. The standard InChI is InChI=1S/C7H12N2/c1-2-3-6-4-7(6)9-5-8/h6-7,9H,2-4H2,1H3. The van der Waals surface area contributed by atoms with Crippen LogP contribution in [0.15, 0.2) is 0 Å². The molecular weight excluding hydrogens is 112 g/mol. The van der Waals surface area contributed by atoms with Crippen LogP contribution in [0.4, 0.5) is 0 Å². The quantitative estimate of drug-likeness (QED) is 0.454. The Hall–Kier alpha value is -0.710. The molecule has 1 saturated carbocycles. The van der Waals surface area contributed by atoms with E-state index < -0.39 is 0 Å². The van der Waals surface area contributed by atoms with E-state index in [-0.39, 0.29) is 0 Å². The predicted octanol–water partition coefficient (Wildman–Crippen LogP) is 1.25. The van der Waals surface area contributed by atoms with E-state index in [0.29, 0.717) is 6.04 Å². The van der Waals surface area contributed by atoms with Crippen molar-refractivity contribution in [2.45, 2.75) is 32.2 Å². The van der Waals surface area contributed by atoms with Gasteiger partial charge in [0.2, 0.25) is 0 Å². The van der Waals surface area contributed by atoms with Crippen LogP contribution in [0.2, 0.25) is 0 Å². The third-order valence-electron chi connectivity index (χ3n) is 1.83. The Balaban J connectivity index is 2.04. The van der Waals surface area contributed by atoms with Crippen molar-refractivity contribution >= 4 is 0 Å². The predicted molar refractivity (Wildman–Crippen MR) is 35.6 cm³/mol. The van der Waals surface area contributed by atoms with Gasteiger partial charge in [-0.2, -0.15) is 5.26 Å². The number of nitriles is 1. The summed E-state index contributed by atoms with van der Waals surface area (Å²) in [5.41, 5.74) is 0. The summed E-state index contributed by atoms with van der Waals surface area (Å²) in [6.45, 7) is 2.18. The summed E-state index contributed by atoms with van der Waals surface area (Å²) < 4.78 is 0. The second kappa shape index (κ2) is 2.72. The van der Waals surface area contributed by atoms with Crippen LogP contribution >= 0.6 is 0 Å². The maximum Gasteiger partial charge on any atom is 0.176 e. The molecule has 0 aliphatic heterocycles. The van der Waals surface area contributed by atoms with Crippen molar-refractivity contribution in [1.29, 1.82) is 5.26 Å². The van der Waals surface area contributed by atoms with Gasteiger partial charge in [-0.15, -0.1) is 0 Å². The van der Waals surface area contributed by atoms with Crippen molar-refractivity contribution < 1.29 is 0 Å². The lowest BCUT2D eigenvalue weighted by atomic mass is 10.2. The van der Waals surface area contributed by atoms with Crippen molar-refractivity contribution in [1.82, 2.24) is 5.32 Å². The lowest BCUT2D eigenvalue weighted by Crippen LogP contribution is -2.09. The van der Waals surface area contributed by atoms with E-state index in [1.807, 2.05) is 6.19 Å². The van der Waals surface area contributed by atoms with E-state index in [0.717, 1.165) is 5.92 Å². The number of hydrogen-bond acceptors (Lipinski definition) is 2. The van der Waals surface area contributed by atoms with Crippen LogP contribution in [-0.4, -0.2) is 6.04 Å². The molecule has 0 radical (unpaired) electrons. The van der Waals surface area contributed by atoms with E-state index in [9.17, 15) is 0 Å². The zero-order chi connectivity index (χ0) is 6.69. The van der Waals surface area contributed by atoms with Gasteiger partial charge in [-0.1, -0.05) is 13.3 Å². The molecule has 0 amide bonds. The molecule has 0 spiro atoms. The van der Waals surface area contributed by atoms with Crippen LogP contribution in [0, 0.1) is 17.4 Å². The molecule has 9 heavy (non-hydrogen) atoms. The van der Waals surface area contributed by atoms with Gasteiger partial charge in [0.1, 0.15) is 0 Å². The molecule has 0 aromatic heterocycles. The highest BCUT2D eigenvalue weighted by Crippen LogP contribution is 2.33. The fourth-order valence-electron chi connectivity index (χ4n) is 1.20. The number of hydrogen-bond donors (Lipinski definition) is 1. The summed E-state index contributed by atoms with van der Waals surface area (Å²) in [5, 5.41) is 11.0. The van der Waals surface area contributed by atoms with Gasteiger partial charge in [-0.25, -0.2) is 0 Å². The molecule has 1 N–H and O–H groups in total. The minimum absolute atomic E-state index is 0.523. The summed E-state index contributed by atoms with van der Waals surface area (Å²) in [7, 11) is 0. The van der Waals surface area contributed by atoms with Crippen LogP contribution in [0.5, 0.6) is 0 Å². The molecule has 1 aliphatic carbocycles. The average molecular weight is 124 g/mol. The first kappa shape index (κ1) is 6.41. The molecule has 2 nitrogen and oxygen atoms in total. The highest BCUT2D eigenvalue weighted by atomic mass is 15.0. The SMILES string of the molecule is CCCC1CC1NC#N. The van der Waals surface area contributed by atoms with Crippen LogP contribution in [-0.2, 0) is 0 Å². The van der Waals surface area contributed by atoms with Gasteiger partial charge >= 0.3 is 0 Å². The first-order valence-electron chi connectivity index (χ1n) is 3.53. The van der Waals surface area contributed by atoms with E-state index in [4.69, 9.17) is 5.26 Å². The summed E-state index contributed by atoms with van der Waals surface area (Å²) in [4.78, 5) is 0. The molecule has 0 saturated heterocycles. The fraction of sp³-hybridized carbons (Fsp3) is 0.857. The average Bonchev–Trinajstić information content (AvgIpc) is 2.50. The minimum Gasteiger partial charge on any atom is -0.320 e. The highest BCUT2D eigenvalue weighted by Gasteiger charge is 2.35. The van der Waals surface area contributed by atoms with Crippen molar-refractivity contribution in [3.05, 3.63) is 0 Å². The zero-order valence-electron chi connectivity index (χ0n) is 5.72. The van der Waals surface area contributed by atoms with E-state index in [1.54, 1.807) is 0 Å². The monoisotopic (exact) mass is 124 g/mol. The van der Waals surface area contributed by atoms with Crippen molar-refractivity contribution in [3.8, 4) is 6.19 Å². The Labute approximate surface area is 55.9 Å². The third-order valence-corrected chi connectivity index (χ3v) is 1.83. The van der Waals surface area contributed by atoms with Gasteiger partial charge in [0.25, 0.3) is 0 Å². The van der Waals surface area contributed by atoms with Gasteiger partial charge in [0.05, 0.1) is 0 Å². The topological polar surface area (TPSA) is 35.8 Å². The largest absolute Gasteiger partial charge is 0.320 e.